The molecule has 1 aliphatic heterocycles. The van der Waals surface area contributed by atoms with Gasteiger partial charge in [0, 0.05) is 24.6 Å². The van der Waals surface area contributed by atoms with Crippen LogP contribution >= 0.6 is 0 Å². The van der Waals surface area contributed by atoms with Gasteiger partial charge in [0.05, 0.1) is 6.04 Å². The Hall–Kier alpha value is -1.68. The van der Waals surface area contributed by atoms with Gasteiger partial charge in [0.15, 0.2) is 5.78 Å². The van der Waals surface area contributed by atoms with E-state index in [4.69, 9.17) is 5.73 Å². The number of ketones is 1. The highest BCUT2D eigenvalue weighted by molar-refractivity contribution is 5.98. The molecule has 0 bridgehead atoms. The van der Waals surface area contributed by atoms with Crippen molar-refractivity contribution in [2.45, 2.75) is 58.9 Å². The van der Waals surface area contributed by atoms with Crippen molar-refractivity contribution in [2.75, 3.05) is 13.1 Å². The van der Waals surface area contributed by atoms with E-state index >= 15 is 0 Å². The van der Waals surface area contributed by atoms with E-state index in [0.29, 0.717) is 19.0 Å². The maximum absolute atomic E-state index is 12.7. The molecule has 1 aromatic rings. The van der Waals surface area contributed by atoms with Crippen LogP contribution < -0.4 is 5.73 Å². The Morgan fingerprint density at radius 3 is 2.28 bits per heavy atom. The molecule has 0 radical (unpaired) electrons. The van der Waals surface area contributed by atoms with E-state index in [1.54, 1.807) is 0 Å². The van der Waals surface area contributed by atoms with E-state index in [1.807, 2.05) is 24.0 Å². The van der Waals surface area contributed by atoms with Gasteiger partial charge in [0.2, 0.25) is 5.91 Å². The minimum atomic E-state index is -0.397. The standard InChI is InChI=1S/C21H32N2O2/c1-4-5-19(22)21(25)23-12-10-18(11-13-23)20(24)17-8-6-16(7-9-17)14-15(2)3/h6-9,15,18-19H,4-5,10-14,22H2,1-3H3. The molecule has 1 fully saturated rings. The van der Waals surface area contributed by atoms with Crippen LogP contribution in [0.3, 0.4) is 0 Å². The molecule has 1 aromatic carbocycles. The maximum atomic E-state index is 12.7. The fraction of sp³-hybridized carbons (Fsp3) is 0.619. The average molecular weight is 344 g/mol. The lowest BCUT2D eigenvalue weighted by Crippen LogP contribution is -2.47. The number of carbonyl (C=O) groups is 2. The van der Waals surface area contributed by atoms with Gasteiger partial charge in [0.25, 0.3) is 0 Å². The molecule has 0 aromatic heterocycles. The molecule has 4 heteroatoms. The number of hydrogen-bond acceptors (Lipinski definition) is 3. The zero-order valence-corrected chi connectivity index (χ0v) is 15.8. The molecule has 4 nitrogen and oxygen atoms in total. The third-order valence-corrected chi connectivity index (χ3v) is 4.98. The molecule has 0 saturated carbocycles. The minimum absolute atomic E-state index is 0.0161. The van der Waals surface area contributed by atoms with Gasteiger partial charge in [-0.1, -0.05) is 51.5 Å². The number of carbonyl (C=O) groups excluding carboxylic acids is 2. The van der Waals surface area contributed by atoms with E-state index in [0.717, 1.165) is 37.7 Å². The van der Waals surface area contributed by atoms with Crippen LogP contribution in [0.2, 0.25) is 0 Å². The molecule has 1 atom stereocenters. The molecule has 25 heavy (non-hydrogen) atoms. The molecule has 0 spiro atoms. The highest BCUT2D eigenvalue weighted by atomic mass is 16.2. The highest BCUT2D eigenvalue weighted by Gasteiger charge is 2.29. The van der Waals surface area contributed by atoms with Gasteiger partial charge in [-0.15, -0.1) is 0 Å². The second-order valence-electron chi connectivity index (χ2n) is 7.65. The molecule has 138 valence electrons. The van der Waals surface area contributed by atoms with Gasteiger partial charge in [-0.2, -0.15) is 0 Å². The summed E-state index contributed by atoms with van der Waals surface area (Å²) in [5.74, 6) is 0.872. The van der Waals surface area contributed by atoms with Crippen molar-refractivity contribution in [1.29, 1.82) is 0 Å². The van der Waals surface area contributed by atoms with Crippen LogP contribution in [0.4, 0.5) is 0 Å². The van der Waals surface area contributed by atoms with E-state index in [1.165, 1.54) is 5.56 Å². The lowest BCUT2D eigenvalue weighted by molar-refractivity contribution is -0.134. The number of likely N-dealkylation sites (tertiary alicyclic amines) is 1. The first-order valence-electron chi connectivity index (χ1n) is 9.59. The number of nitrogens with zero attached hydrogens (tertiary/aromatic N) is 1. The Bertz CT molecular complexity index is 572. The molecule has 1 aliphatic rings. The van der Waals surface area contributed by atoms with E-state index < -0.39 is 6.04 Å². The second kappa shape index (κ2) is 9.14. The number of Topliss-reactive ketones (excluding diaryl/α,β-unsaturated/α-hetero) is 1. The lowest BCUT2D eigenvalue weighted by atomic mass is 9.88. The van der Waals surface area contributed by atoms with Crippen LogP contribution in [0.1, 0.15) is 62.4 Å². The molecule has 1 unspecified atom stereocenters. The van der Waals surface area contributed by atoms with Crippen molar-refractivity contribution in [2.24, 2.45) is 17.6 Å². The number of rotatable bonds is 7. The maximum Gasteiger partial charge on any atom is 0.239 e. The molecule has 1 amide bonds. The third-order valence-electron chi connectivity index (χ3n) is 4.98. The van der Waals surface area contributed by atoms with Crippen LogP contribution in [0, 0.1) is 11.8 Å². The highest BCUT2D eigenvalue weighted by Crippen LogP contribution is 2.23. The van der Waals surface area contributed by atoms with Crippen molar-refractivity contribution in [3.05, 3.63) is 35.4 Å². The Kier molecular flexibility index (Phi) is 7.18. The summed E-state index contributed by atoms with van der Waals surface area (Å²) < 4.78 is 0. The fourth-order valence-electron chi connectivity index (χ4n) is 3.54. The minimum Gasteiger partial charge on any atom is -0.341 e. The average Bonchev–Trinajstić information content (AvgIpc) is 2.61. The third kappa shape index (κ3) is 5.40. The molecule has 1 saturated heterocycles. The fourth-order valence-corrected chi connectivity index (χ4v) is 3.54. The van der Waals surface area contributed by atoms with Crippen LogP contribution in [-0.4, -0.2) is 35.7 Å². The molecule has 1 heterocycles. The summed E-state index contributed by atoms with van der Waals surface area (Å²) in [6, 6.07) is 7.64. The van der Waals surface area contributed by atoms with Crippen LogP contribution in [0.5, 0.6) is 0 Å². The summed E-state index contributed by atoms with van der Waals surface area (Å²) in [6.45, 7) is 7.70. The van der Waals surface area contributed by atoms with Crippen LogP contribution in [0.25, 0.3) is 0 Å². The first kappa shape index (κ1) is 19.6. The summed E-state index contributed by atoms with van der Waals surface area (Å²) >= 11 is 0. The van der Waals surface area contributed by atoms with Crippen molar-refractivity contribution in [3.63, 3.8) is 0 Å². The Morgan fingerprint density at radius 1 is 1.16 bits per heavy atom. The van der Waals surface area contributed by atoms with Gasteiger partial charge < -0.3 is 10.6 Å². The normalized spacial score (nSPS) is 16.9. The molecule has 2 N–H and O–H groups in total. The Balaban J connectivity index is 1.89. The van der Waals surface area contributed by atoms with Gasteiger partial charge in [-0.05, 0) is 37.2 Å². The Morgan fingerprint density at radius 2 is 1.76 bits per heavy atom. The summed E-state index contributed by atoms with van der Waals surface area (Å²) in [6.07, 6.45) is 4.14. The van der Waals surface area contributed by atoms with Gasteiger partial charge >= 0.3 is 0 Å². The van der Waals surface area contributed by atoms with Gasteiger partial charge in [-0.25, -0.2) is 0 Å². The van der Waals surface area contributed by atoms with Crippen LogP contribution in [0.15, 0.2) is 24.3 Å². The number of piperidine rings is 1. The number of amides is 1. The smallest absolute Gasteiger partial charge is 0.239 e. The quantitative estimate of drug-likeness (QED) is 0.771. The zero-order chi connectivity index (χ0) is 18.4. The zero-order valence-electron chi connectivity index (χ0n) is 15.8. The molecular formula is C21H32N2O2. The topological polar surface area (TPSA) is 63.4 Å². The molecular weight excluding hydrogens is 312 g/mol. The number of nitrogens with two attached hydrogens (primary N) is 1. The van der Waals surface area contributed by atoms with Gasteiger partial charge in [-0.3, -0.25) is 9.59 Å². The predicted octanol–water partition coefficient (Wildman–Crippen LogP) is 3.43. The molecule has 2 rings (SSSR count). The largest absolute Gasteiger partial charge is 0.341 e. The van der Waals surface area contributed by atoms with E-state index in [-0.39, 0.29) is 17.6 Å². The van der Waals surface area contributed by atoms with E-state index in [2.05, 4.69) is 26.0 Å². The van der Waals surface area contributed by atoms with Crippen LogP contribution in [-0.2, 0) is 11.2 Å². The predicted molar refractivity (Wildman–Crippen MR) is 102 cm³/mol. The monoisotopic (exact) mass is 344 g/mol. The summed E-state index contributed by atoms with van der Waals surface area (Å²) in [5.41, 5.74) is 8.00. The van der Waals surface area contributed by atoms with Crippen molar-refractivity contribution in [1.82, 2.24) is 4.90 Å². The van der Waals surface area contributed by atoms with Crippen molar-refractivity contribution < 1.29 is 9.59 Å². The van der Waals surface area contributed by atoms with Crippen molar-refractivity contribution in [3.8, 4) is 0 Å². The number of hydrogen-bond donors (Lipinski definition) is 1. The summed E-state index contributed by atoms with van der Waals surface area (Å²) in [4.78, 5) is 26.8. The van der Waals surface area contributed by atoms with Crippen molar-refractivity contribution >= 4 is 11.7 Å². The first-order valence-corrected chi connectivity index (χ1v) is 9.59. The Labute approximate surface area is 151 Å². The second-order valence-corrected chi connectivity index (χ2v) is 7.65. The van der Waals surface area contributed by atoms with Gasteiger partial charge in [0.1, 0.15) is 0 Å². The SMILES string of the molecule is CCCC(N)C(=O)N1CCC(C(=O)c2ccc(CC(C)C)cc2)CC1. The van der Waals surface area contributed by atoms with E-state index in [9.17, 15) is 9.59 Å². The molecule has 0 aliphatic carbocycles. The number of benzene rings is 1. The summed E-state index contributed by atoms with van der Waals surface area (Å²) in [7, 11) is 0. The first-order chi connectivity index (χ1) is 11.9. The lowest BCUT2D eigenvalue weighted by Gasteiger charge is -2.33. The summed E-state index contributed by atoms with van der Waals surface area (Å²) in [5, 5.41) is 0.